The molecular formula is C21H22N2O7. The van der Waals surface area contributed by atoms with Gasteiger partial charge in [-0.2, -0.15) is 0 Å². The Morgan fingerprint density at radius 1 is 1.20 bits per heavy atom. The van der Waals surface area contributed by atoms with Gasteiger partial charge in [0.15, 0.2) is 17.7 Å². The fourth-order valence-electron chi connectivity index (χ4n) is 3.48. The Kier molecular flexibility index (Phi) is 5.17. The van der Waals surface area contributed by atoms with E-state index >= 15 is 0 Å². The number of ether oxygens (including phenoxy) is 4. The predicted octanol–water partition coefficient (Wildman–Crippen LogP) is 0.974. The van der Waals surface area contributed by atoms with E-state index in [4.69, 9.17) is 14.2 Å². The zero-order chi connectivity index (χ0) is 21.5. The van der Waals surface area contributed by atoms with Crippen molar-refractivity contribution in [2.75, 3.05) is 20.3 Å². The maximum Gasteiger partial charge on any atom is 0.381 e. The molecule has 3 aliphatic heterocycles. The number of Topliss-reactive ketones (excluding diaryl/α,β-unsaturated/α-hetero) is 1. The summed E-state index contributed by atoms with van der Waals surface area (Å²) in [6.07, 6.45) is -0.367. The molecule has 0 unspecified atom stereocenters. The average Bonchev–Trinajstić information content (AvgIpc) is 3.10. The zero-order valence-corrected chi connectivity index (χ0v) is 16.9. The van der Waals surface area contributed by atoms with E-state index in [1.165, 1.54) is 0 Å². The molecule has 9 nitrogen and oxygen atoms in total. The van der Waals surface area contributed by atoms with Crippen molar-refractivity contribution in [3.05, 3.63) is 47.2 Å². The largest absolute Gasteiger partial charge is 0.463 e. The summed E-state index contributed by atoms with van der Waals surface area (Å²) in [5.74, 6) is -2.89. The van der Waals surface area contributed by atoms with Crippen molar-refractivity contribution < 1.29 is 33.3 Å². The van der Waals surface area contributed by atoms with Crippen LogP contribution in [0.2, 0.25) is 0 Å². The number of ketones is 1. The third-order valence-corrected chi connectivity index (χ3v) is 5.10. The SMILES string of the molecule is COC(=O)C(=O)C(=C1COC(C)(C)OC1)N1C(=O)[C@@H]2N=C(Cc3ccccc3)O[C@@H]21. The van der Waals surface area contributed by atoms with Crippen LogP contribution in [0.25, 0.3) is 0 Å². The lowest BCUT2D eigenvalue weighted by Gasteiger charge is -2.42. The number of fused-ring (bicyclic) bond motifs is 1. The lowest BCUT2D eigenvalue weighted by atomic mass is 9.99. The smallest absolute Gasteiger partial charge is 0.381 e. The Hall–Kier alpha value is -3.04. The molecule has 1 aromatic rings. The number of benzene rings is 1. The van der Waals surface area contributed by atoms with Gasteiger partial charge in [0.05, 0.1) is 20.3 Å². The first-order chi connectivity index (χ1) is 14.3. The number of carbonyl (C=O) groups is 3. The van der Waals surface area contributed by atoms with Crippen molar-refractivity contribution in [2.24, 2.45) is 4.99 Å². The Labute approximate surface area is 173 Å². The number of aliphatic imine (C=N–C) groups is 1. The van der Waals surface area contributed by atoms with Gasteiger partial charge in [-0.05, 0) is 19.4 Å². The normalized spacial score (nSPS) is 24.4. The Morgan fingerprint density at radius 3 is 2.50 bits per heavy atom. The van der Waals surface area contributed by atoms with Gasteiger partial charge in [-0.25, -0.2) is 9.79 Å². The quantitative estimate of drug-likeness (QED) is 0.306. The fourth-order valence-corrected chi connectivity index (χ4v) is 3.48. The molecule has 0 bridgehead atoms. The summed E-state index contributed by atoms with van der Waals surface area (Å²) in [4.78, 5) is 43.0. The van der Waals surface area contributed by atoms with Gasteiger partial charge in [0.25, 0.3) is 11.7 Å². The lowest BCUT2D eigenvalue weighted by molar-refractivity contribution is -0.226. The molecule has 2 fully saturated rings. The number of carbonyl (C=O) groups excluding carboxylic acids is 3. The maximum atomic E-state index is 12.8. The molecule has 9 heteroatoms. The van der Waals surface area contributed by atoms with E-state index in [0.717, 1.165) is 17.6 Å². The van der Waals surface area contributed by atoms with E-state index < -0.39 is 35.7 Å². The highest BCUT2D eigenvalue weighted by atomic mass is 16.7. The first-order valence-corrected chi connectivity index (χ1v) is 9.53. The molecule has 1 aromatic carbocycles. The van der Waals surface area contributed by atoms with Gasteiger partial charge in [0.1, 0.15) is 5.70 Å². The molecule has 2 atom stereocenters. The van der Waals surface area contributed by atoms with Gasteiger partial charge < -0.3 is 18.9 Å². The van der Waals surface area contributed by atoms with Crippen molar-refractivity contribution in [3.63, 3.8) is 0 Å². The van der Waals surface area contributed by atoms with E-state index in [9.17, 15) is 14.4 Å². The molecule has 0 saturated carbocycles. The fraction of sp³-hybridized carbons (Fsp3) is 0.429. The number of rotatable bonds is 5. The molecule has 0 radical (unpaired) electrons. The minimum atomic E-state index is -1.08. The Bertz CT molecular complexity index is 939. The Morgan fingerprint density at radius 2 is 1.87 bits per heavy atom. The van der Waals surface area contributed by atoms with E-state index in [1.807, 2.05) is 30.3 Å². The average molecular weight is 414 g/mol. The number of nitrogens with zero attached hydrogens (tertiary/aromatic N) is 2. The van der Waals surface area contributed by atoms with E-state index in [2.05, 4.69) is 9.73 Å². The van der Waals surface area contributed by atoms with E-state index in [0.29, 0.717) is 17.9 Å². The highest BCUT2D eigenvalue weighted by Crippen LogP contribution is 2.36. The van der Waals surface area contributed by atoms with E-state index in [-0.39, 0.29) is 18.9 Å². The van der Waals surface area contributed by atoms with Crippen LogP contribution in [-0.4, -0.2) is 66.8 Å². The van der Waals surface area contributed by atoms with Crippen LogP contribution >= 0.6 is 0 Å². The van der Waals surface area contributed by atoms with Crippen LogP contribution in [0.1, 0.15) is 19.4 Å². The third kappa shape index (κ3) is 3.61. The molecule has 1 amide bonds. The molecule has 0 spiro atoms. The maximum absolute atomic E-state index is 12.8. The van der Waals surface area contributed by atoms with Crippen molar-refractivity contribution in [1.29, 1.82) is 0 Å². The number of esters is 1. The molecule has 4 rings (SSSR count). The van der Waals surface area contributed by atoms with Gasteiger partial charge in [0, 0.05) is 12.0 Å². The van der Waals surface area contributed by atoms with Crippen molar-refractivity contribution in [3.8, 4) is 0 Å². The number of hydrogen-bond donors (Lipinski definition) is 0. The van der Waals surface area contributed by atoms with Crippen LogP contribution in [0.15, 0.2) is 46.6 Å². The molecule has 2 saturated heterocycles. The van der Waals surface area contributed by atoms with Gasteiger partial charge in [0.2, 0.25) is 6.23 Å². The summed E-state index contributed by atoms with van der Waals surface area (Å²) >= 11 is 0. The van der Waals surface area contributed by atoms with Gasteiger partial charge in [-0.1, -0.05) is 30.3 Å². The summed E-state index contributed by atoms with van der Waals surface area (Å²) in [5, 5.41) is 0. The molecule has 3 aliphatic rings. The van der Waals surface area contributed by atoms with Gasteiger partial charge >= 0.3 is 5.97 Å². The summed E-state index contributed by atoms with van der Waals surface area (Å²) in [6, 6.07) is 8.82. The van der Waals surface area contributed by atoms with Crippen LogP contribution < -0.4 is 0 Å². The molecule has 0 aliphatic carbocycles. The predicted molar refractivity (Wildman–Crippen MR) is 103 cm³/mol. The van der Waals surface area contributed by atoms with Crippen LogP contribution in [0.3, 0.4) is 0 Å². The van der Waals surface area contributed by atoms with Gasteiger partial charge in [-0.15, -0.1) is 0 Å². The van der Waals surface area contributed by atoms with Crippen LogP contribution in [0.4, 0.5) is 0 Å². The van der Waals surface area contributed by atoms with E-state index in [1.54, 1.807) is 13.8 Å². The summed E-state index contributed by atoms with van der Waals surface area (Å²) in [7, 11) is 1.10. The zero-order valence-electron chi connectivity index (χ0n) is 16.9. The number of β-lactam (4-membered cyclic amide) rings is 1. The first kappa shape index (κ1) is 20.2. The second-order valence-electron chi connectivity index (χ2n) is 7.60. The highest BCUT2D eigenvalue weighted by molar-refractivity contribution is 6.41. The number of hydrogen-bond acceptors (Lipinski definition) is 8. The first-order valence-electron chi connectivity index (χ1n) is 9.53. The molecule has 0 aromatic heterocycles. The standard InChI is InChI=1S/C21H22N2O7/c1-21(2)28-10-13(11-29-21)16(17(24)20(26)27-3)23-18(25)15-19(23)30-14(22-15)9-12-7-5-4-6-8-12/h4-8,15,19H,9-11H2,1-3H3/t15-,19-/m0/s1. The molecular weight excluding hydrogens is 392 g/mol. The van der Waals surface area contributed by atoms with Gasteiger partial charge in [-0.3, -0.25) is 14.5 Å². The number of methoxy groups -OCH3 is 1. The van der Waals surface area contributed by atoms with Crippen LogP contribution in [0, 0.1) is 0 Å². The van der Waals surface area contributed by atoms with Crippen molar-refractivity contribution in [2.45, 2.75) is 38.3 Å². The number of likely N-dealkylation sites (tertiary alicyclic amines) is 1. The second-order valence-corrected chi connectivity index (χ2v) is 7.60. The number of amides is 1. The molecule has 3 heterocycles. The Balaban J connectivity index is 1.58. The highest BCUT2D eigenvalue weighted by Gasteiger charge is 2.57. The van der Waals surface area contributed by atoms with Crippen molar-refractivity contribution in [1.82, 2.24) is 4.90 Å². The summed E-state index contributed by atoms with van der Waals surface area (Å²) in [5.41, 5.74) is 1.23. The topological polar surface area (TPSA) is 104 Å². The second kappa shape index (κ2) is 7.66. The summed E-state index contributed by atoms with van der Waals surface area (Å²) < 4.78 is 21.6. The van der Waals surface area contributed by atoms with Crippen LogP contribution in [0.5, 0.6) is 0 Å². The minimum Gasteiger partial charge on any atom is -0.463 e. The van der Waals surface area contributed by atoms with Crippen LogP contribution in [-0.2, 0) is 39.8 Å². The monoisotopic (exact) mass is 414 g/mol. The minimum absolute atomic E-state index is 0.0317. The lowest BCUT2D eigenvalue weighted by Crippen LogP contribution is -2.64. The van der Waals surface area contributed by atoms with Crippen molar-refractivity contribution >= 4 is 23.6 Å². The summed E-state index contributed by atoms with van der Waals surface area (Å²) in [6.45, 7) is 3.54. The molecule has 0 N–H and O–H groups in total. The third-order valence-electron chi connectivity index (χ3n) is 5.10. The molecule has 158 valence electrons. The molecule has 30 heavy (non-hydrogen) atoms.